The van der Waals surface area contributed by atoms with Crippen LogP contribution in [0.15, 0.2) is 63.8 Å². The molecule has 1 atom stereocenters. The predicted octanol–water partition coefficient (Wildman–Crippen LogP) is 2.80. The number of anilines is 1. The molecule has 8 heteroatoms. The zero-order chi connectivity index (χ0) is 21.5. The Morgan fingerprint density at radius 1 is 1.13 bits per heavy atom. The van der Waals surface area contributed by atoms with Crippen molar-refractivity contribution in [3.63, 3.8) is 0 Å². The molecular formula is C22H24N4O4. The molecule has 0 saturated heterocycles. The van der Waals surface area contributed by atoms with Crippen LogP contribution in [-0.4, -0.2) is 21.6 Å². The Hall–Kier alpha value is -3.68. The summed E-state index contributed by atoms with van der Waals surface area (Å²) in [6.07, 6.45) is 0.759. The highest BCUT2D eigenvalue weighted by atomic mass is 16.4. The monoisotopic (exact) mass is 408 g/mol. The number of carbonyl (C=O) groups is 2. The molecule has 0 spiro atoms. The minimum Gasteiger partial charge on any atom is -0.388 e. The zero-order valence-electron chi connectivity index (χ0n) is 16.9. The number of hydrogen-bond donors (Lipinski definition) is 2. The maximum absolute atomic E-state index is 12.3. The quantitative estimate of drug-likeness (QED) is 0.596. The summed E-state index contributed by atoms with van der Waals surface area (Å²) < 4.78 is 6.11. The van der Waals surface area contributed by atoms with E-state index in [1.165, 1.54) is 0 Å². The van der Waals surface area contributed by atoms with Gasteiger partial charge in [-0.3, -0.25) is 9.59 Å². The van der Waals surface area contributed by atoms with Gasteiger partial charge in [0.1, 0.15) is 6.54 Å². The highest BCUT2D eigenvalue weighted by molar-refractivity contribution is 5.92. The van der Waals surface area contributed by atoms with Crippen LogP contribution in [0.2, 0.25) is 0 Å². The van der Waals surface area contributed by atoms with Crippen LogP contribution in [0, 0.1) is 5.92 Å². The van der Waals surface area contributed by atoms with E-state index in [0.29, 0.717) is 11.3 Å². The lowest BCUT2D eigenvalue weighted by Crippen LogP contribution is -2.31. The SMILES string of the molecule is CC[C@H](C)C(=O)Nc1cccc(CNC(=O)Cn2nc(-c3ccccc3)oc2=O)c1. The van der Waals surface area contributed by atoms with E-state index in [0.717, 1.165) is 16.7 Å². The maximum Gasteiger partial charge on any atom is 0.437 e. The summed E-state index contributed by atoms with van der Waals surface area (Å²) in [6, 6.07) is 16.2. The predicted molar refractivity (Wildman–Crippen MR) is 113 cm³/mol. The van der Waals surface area contributed by atoms with Gasteiger partial charge >= 0.3 is 5.76 Å². The third-order valence-electron chi connectivity index (χ3n) is 4.66. The van der Waals surface area contributed by atoms with Gasteiger partial charge in [0.25, 0.3) is 0 Å². The van der Waals surface area contributed by atoms with Crippen molar-refractivity contribution in [3.8, 4) is 11.5 Å². The van der Waals surface area contributed by atoms with E-state index in [1.807, 2.05) is 32.0 Å². The molecular weight excluding hydrogens is 384 g/mol. The molecule has 30 heavy (non-hydrogen) atoms. The number of rotatable bonds is 8. The highest BCUT2D eigenvalue weighted by Gasteiger charge is 2.13. The van der Waals surface area contributed by atoms with Crippen molar-refractivity contribution in [2.24, 2.45) is 5.92 Å². The maximum atomic E-state index is 12.3. The molecule has 3 rings (SSSR count). The number of carbonyl (C=O) groups excluding carboxylic acids is 2. The number of nitrogens with one attached hydrogen (secondary N) is 2. The summed E-state index contributed by atoms with van der Waals surface area (Å²) in [5, 5.41) is 9.69. The summed E-state index contributed by atoms with van der Waals surface area (Å²) >= 11 is 0. The van der Waals surface area contributed by atoms with Crippen molar-refractivity contribution in [3.05, 3.63) is 70.7 Å². The summed E-state index contributed by atoms with van der Waals surface area (Å²) in [4.78, 5) is 36.2. The van der Waals surface area contributed by atoms with E-state index in [-0.39, 0.29) is 36.7 Å². The minimum absolute atomic E-state index is 0.0432. The minimum atomic E-state index is -0.696. The van der Waals surface area contributed by atoms with Gasteiger partial charge in [0.15, 0.2) is 0 Å². The lowest BCUT2D eigenvalue weighted by Gasteiger charge is -2.11. The van der Waals surface area contributed by atoms with E-state index in [2.05, 4.69) is 15.7 Å². The third kappa shape index (κ3) is 5.44. The summed E-state index contributed by atoms with van der Waals surface area (Å²) in [6.45, 7) is 3.83. The van der Waals surface area contributed by atoms with Gasteiger partial charge in [-0.15, -0.1) is 5.10 Å². The molecule has 0 radical (unpaired) electrons. The van der Waals surface area contributed by atoms with Crippen LogP contribution >= 0.6 is 0 Å². The van der Waals surface area contributed by atoms with Crippen LogP contribution in [0.1, 0.15) is 25.8 Å². The van der Waals surface area contributed by atoms with Crippen LogP contribution in [0.5, 0.6) is 0 Å². The fourth-order valence-electron chi connectivity index (χ4n) is 2.71. The van der Waals surface area contributed by atoms with Crippen LogP contribution in [0.25, 0.3) is 11.5 Å². The van der Waals surface area contributed by atoms with E-state index >= 15 is 0 Å². The number of hydrogen-bond acceptors (Lipinski definition) is 5. The molecule has 2 N–H and O–H groups in total. The average Bonchev–Trinajstić information content (AvgIpc) is 3.12. The first-order valence-corrected chi connectivity index (χ1v) is 9.76. The number of amides is 2. The van der Waals surface area contributed by atoms with Crippen molar-refractivity contribution in [2.75, 3.05) is 5.32 Å². The van der Waals surface area contributed by atoms with E-state index in [1.54, 1.807) is 36.4 Å². The molecule has 1 heterocycles. The lowest BCUT2D eigenvalue weighted by atomic mass is 10.1. The number of nitrogens with zero attached hydrogens (tertiary/aromatic N) is 2. The summed E-state index contributed by atoms with van der Waals surface area (Å²) in [5.74, 6) is -1.02. The molecule has 0 saturated carbocycles. The molecule has 156 valence electrons. The Bertz CT molecular complexity index is 1070. The Kier molecular flexibility index (Phi) is 6.79. The van der Waals surface area contributed by atoms with Crippen molar-refractivity contribution >= 4 is 17.5 Å². The largest absolute Gasteiger partial charge is 0.437 e. The van der Waals surface area contributed by atoms with Crippen LogP contribution in [-0.2, 0) is 22.7 Å². The molecule has 0 aliphatic heterocycles. The Morgan fingerprint density at radius 3 is 2.63 bits per heavy atom. The van der Waals surface area contributed by atoms with Crippen LogP contribution in [0.4, 0.5) is 5.69 Å². The van der Waals surface area contributed by atoms with Gasteiger partial charge in [-0.05, 0) is 36.2 Å². The van der Waals surface area contributed by atoms with Gasteiger partial charge in [-0.1, -0.05) is 44.2 Å². The van der Waals surface area contributed by atoms with Gasteiger partial charge in [0, 0.05) is 23.7 Å². The smallest absolute Gasteiger partial charge is 0.388 e. The lowest BCUT2D eigenvalue weighted by molar-refractivity contribution is -0.122. The molecule has 2 aromatic carbocycles. The molecule has 0 fully saturated rings. The molecule has 0 unspecified atom stereocenters. The average molecular weight is 408 g/mol. The standard InChI is InChI=1S/C22H24N4O4/c1-3-15(2)20(28)24-18-11-7-8-16(12-18)13-23-19(27)14-26-22(29)30-21(25-26)17-9-5-4-6-10-17/h4-12,15H,3,13-14H2,1-2H3,(H,23,27)(H,24,28)/t15-/m0/s1. The van der Waals surface area contributed by atoms with Crippen LogP contribution < -0.4 is 16.4 Å². The topological polar surface area (TPSA) is 106 Å². The fourth-order valence-corrected chi connectivity index (χ4v) is 2.71. The van der Waals surface area contributed by atoms with Crippen molar-refractivity contribution in [1.82, 2.24) is 15.1 Å². The van der Waals surface area contributed by atoms with Crippen LogP contribution in [0.3, 0.4) is 0 Å². The Morgan fingerprint density at radius 2 is 1.90 bits per heavy atom. The van der Waals surface area contributed by atoms with E-state index < -0.39 is 5.76 Å². The molecule has 0 bridgehead atoms. The molecule has 8 nitrogen and oxygen atoms in total. The molecule has 0 aliphatic rings. The third-order valence-corrected chi connectivity index (χ3v) is 4.66. The fraction of sp³-hybridized carbons (Fsp3) is 0.273. The Labute approximate surface area is 173 Å². The second-order valence-electron chi connectivity index (χ2n) is 6.97. The normalized spacial score (nSPS) is 11.7. The molecule has 3 aromatic rings. The number of aromatic nitrogens is 2. The molecule has 2 amide bonds. The Balaban J connectivity index is 1.58. The first-order valence-electron chi connectivity index (χ1n) is 9.76. The first-order chi connectivity index (χ1) is 14.5. The van der Waals surface area contributed by atoms with Gasteiger partial charge in [-0.25, -0.2) is 4.79 Å². The summed E-state index contributed by atoms with van der Waals surface area (Å²) in [5.41, 5.74) is 2.15. The van der Waals surface area contributed by atoms with Gasteiger partial charge in [-0.2, -0.15) is 4.68 Å². The zero-order valence-corrected chi connectivity index (χ0v) is 16.9. The van der Waals surface area contributed by atoms with E-state index in [4.69, 9.17) is 4.42 Å². The van der Waals surface area contributed by atoms with Crippen molar-refractivity contribution < 1.29 is 14.0 Å². The first kappa shape index (κ1) is 21.0. The van der Waals surface area contributed by atoms with E-state index in [9.17, 15) is 14.4 Å². The summed E-state index contributed by atoms with van der Waals surface area (Å²) in [7, 11) is 0. The molecule has 0 aliphatic carbocycles. The van der Waals surface area contributed by atoms with Gasteiger partial charge < -0.3 is 15.1 Å². The number of benzene rings is 2. The second-order valence-corrected chi connectivity index (χ2v) is 6.97. The van der Waals surface area contributed by atoms with Crippen molar-refractivity contribution in [1.29, 1.82) is 0 Å². The second kappa shape index (κ2) is 9.69. The van der Waals surface area contributed by atoms with Gasteiger partial charge in [0.05, 0.1) is 0 Å². The molecule has 1 aromatic heterocycles. The van der Waals surface area contributed by atoms with Gasteiger partial charge in [0.2, 0.25) is 17.7 Å². The highest BCUT2D eigenvalue weighted by Crippen LogP contribution is 2.14. The van der Waals surface area contributed by atoms with Crippen molar-refractivity contribution in [2.45, 2.75) is 33.4 Å².